The van der Waals surface area contributed by atoms with Gasteiger partial charge in [0.05, 0.1) is 6.61 Å². The quantitative estimate of drug-likeness (QED) is 0.903. The van der Waals surface area contributed by atoms with E-state index in [2.05, 4.69) is 48.3 Å². The fourth-order valence-corrected chi connectivity index (χ4v) is 2.71. The molecular weight excluding hydrogens is 236 g/mol. The number of para-hydroxylation sites is 1. The largest absolute Gasteiger partial charge is 0.380 e. The second-order valence-electron chi connectivity index (χ2n) is 5.67. The van der Waals surface area contributed by atoms with Gasteiger partial charge in [-0.3, -0.25) is 0 Å². The minimum atomic E-state index is 0.568. The molecule has 106 valence electrons. The van der Waals surface area contributed by atoms with Crippen LogP contribution in [0.3, 0.4) is 0 Å². The molecule has 19 heavy (non-hydrogen) atoms. The zero-order chi connectivity index (χ0) is 13.7. The molecule has 0 spiro atoms. The van der Waals surface area contributed by atoms with Crippen LogP contribution in [-0.2, 0) is 11.3 Å². The van der Waals surface area contributed by atoms with Gasteiger partial charge in [-0.2, -0.15) is 0 Å². The third-order valence-corrected chi connectivity index (χ3v) is 3.87. The Kier molecular flexibility index (Phi) is 5.23. The summed E-state index contributed by atoms with van der Waals surface area (Å²) < 4.78 is 5.32. The minimum Gasteiger partial charge on any atom is -0.380 e. The lowest BCUT2D eigenvalue weighted by Crippen LogP contribution is -2.41. The molecule has 0 aromatic heterocycles. The normalized spacial score (nSPS) is 20.6. The Balaban J connectivity index is 2.19. The van der Waals surface area contributed by atoms with Crippen molar-refractivity contribution < 1.29 is 4.74 Å². The van der Waals surface area contributed by atoms with E-state index in [9.17, 15) is 0 Å². The van der Waals surface area contributed by atoms with Crippen LogP contribution >= 0.6 is 0 Å². The average molecular weight is 262 g/mol. The van der Waals surface area contributed by atoms with E-state index in [1.165, 1.54) is 17.7 Å². The van der Waals surface area contributed by atoms with Gasteiger partial charge in [0.1, 0.15) is 0 Å². The summed E-state index contributed by atoms with van der Waals surface area (Å²) in [5, 5.41) is 3.66. The van der Waals surface area contributed by atoms with Crippen LogP contribution in [-0.4, -0.2) is 32.8 Å². The van der Waals surface area contributed by atoms with E-state index in [-0.39, 0.29) is 0 Å². The summed E-state index contributed by atoms with van der Waals surface area (Å²) in [6.07, 6.45) is 1.20. The van der Waals surface area contributed by atoms with Crippen molar-refractivity contribution in [1.29, 1.82) is 0 Å². The van der Waals surface area contributed by atoms with Crippen LogP contribution in [0.15, 0.2) is 24.3 Å². The molecule has 1 saturated heterocycles. The lowest BCUT2D eigenvalue weighted by molar-refractivity contribution is 0.185. The lowest BCUT2D eigenvalue weighted by Gasteiger charge is -2.30. The highest BCUT2D eigenvalue weighted by molar-refractivity contribution is 5.53. The molecule has 1 fully saturated rings. The zero-order valence-electron chi connectivity index (χ0n) is 12.4. The summed E-state index contributed by atoms with van der Waals surface area (Å²) in [6.45, 7) is 8.60. The number of benzene rings is 1. The van der Waals surface area contributed by atoms with Crippen LogP contribution in [0.4, 0.5) is 5.69 Å². The first-order chi connectivity index (χ1) is 9.22. The average Bonchev–Trinajstić information content (AvgIpc) is 2.65. The molecule has 1 N–H and O–H groups in total. The van der Waals surface area contributed by atoms with E-state index >= 15 is 0 Å². The van der Waals surface area contributed by atoms with E-state index in [1.807, 2.05) is 0 Å². The standard InChI is InChI=1S/C16H26N2O/c1-13(2)15-11-18(10-6-9-17-15)16-8-5-4-7-14(16)12-19-3/h4-5,7-8,13,15,17H,6,9-12H2,1-3H3. The molecule has 0 bridgehead atoms. The molecule has 1 aliphatic rings. The van der Waals surface area contributed by atoms with Crippen LogP contribution in [0.1, 0.15) is 25.8 Å². The highest BCUT2D eigenvalue weighted by atomic mass is 16.5. The predicted octanol–water partition coefficient (Wildman–Crippen LogP) is 2.66. The van der Waals surface area contributed by atoms with Gasteiger partial charge in [0.15, 0.2) is 0 Å². The summed E-state index contributed by atoms with van der Waals surface area (Å²) in [5.41, 5.74) is 2.62. The molecule has 1 unspecified atom stereocenters. The Hall–Kier alpha value is -1.06. The smallest absolute Gasteiger partial charge is 0.0733 e. The van der Waals surface area contributed by atoms with Gasteiger partial charge in [-0.1, -0.05) is 32.0 Å². The first-order valence-electron chi connectivity index (χ1n) is 7.27. The van der Waals surface area contributed by atoms with Crippen molar-refractivity contribution in [3.63, 3.8) is 0 Å². The number of ether oxygens (including phenoxy) is 1. The predicted molar refractivity (Wildman–Crippen MR) is 80.6 cm³/mol. The summed E-state index contributed by atoms with van der Waals surface area (Å²) in [4.78, 5) is 2.51. The molecule has 2 rings (SSSR count). The summed E-state index contributed by atoms with van der Waals surface area (Å²) >= 11 is 0. The molecule has 0 radical (unpaired) electrons. The van der Waals surface area contributed by atoms with Crippen molar-refractivity contribution in [1.82, 2.24) is 5.32 Å². The van der Waals surface area contributed by atoms with Crippen LogP contribution in [0.5, 0.6) is 0 Å². The Bertz CT molecular complexity index is 392. The summed E-state index contributed by atoms with van der Waals surface area (Å²) in [6, 6.07) is 9.17. The van der Waals surface area contributed by atoms with Gasteiger partial charge in [-0.15, -0.1) is 0 Å². The van der Waals surface area contributed by atoms with Gasteiger partial charge in [0.25, 0.3) is 0 Å². The highest BCUT2D eigenvalue weighted by Gasteiger charge is 2.21. The van der Waals surface area contributed by atoms with Gasteiger partial charge in [-0.05, 0) is 24.9 Å². The molecule has 1 aromatic carbocycles. The lowest BCUT2D eigenvalue weighted by atomic mass is 10.0. The molecule has 0 saturated carbocycles. The van der Waals surface area contributed by atoms with Crippen LogP contribution in [0.2, 0.25) is 0 Å². The van der Waals surface area contributed by atoms with Crippen LogP contribution < -0.4 is 10.2 Å². The van der Waals surface area contributed by atoms with E-state index in [0.717, 1.165) is 19.6 Å². The first-order valence-corrected chi connectivity index (χ1v) is 7.27. The number of nitrogens with zero attached hydrogens (tertiary/aromatic N) is 1. The van der Waals surface area contributed by atoms with Crippen molar-refractivity contribution in [3.05, 3.63) is 29.8 Å². The zero-order valence-corrected chi connectivity index (χ0v) is 12.4. The number of hydrogen-bond donors (Lipinski definition) is 1. The van der Waals surface area contributed by atoms with Crippen LogP contribution in [0, 0.1) is 5.92 Å². The van der Waals surface area contributed by atoms with Crippen LogP contribution in [0.25, 0.3) is 0 Å². The fourth-order valence-electron chi connectivity index (χ4n) is 2.71. The van der Waals surface area contributed by atoms with Crippen molar-refractivity contribution >= 4 is 5.69 Å². The van der Waals surface area contributed by atoms with Gasteiger partial charge < -0.3 is 15.0 Å². The van der Waals surface area contributed by atoms with E-state index in [0.29, 0.717) is 18.6 Å². The molecule has 1 atom stereocenters. The van der Waals surface area contributed by atoms with Gasteiger partial charge in [0.2, 0.25) is 0 Å². The maximum absolute atomic E-state index is 5.32. The molecule has 1 aromatic rings. The number of hydrogen-bond acceptors (Lipinski definition) is 3. The second kappa shape index (κ2) is 6.92. The highest BCUT2D eigenvalue weighted by Crippen LogP contribution is 2.23. The third-order valence-electron chi connectivity index (χ3n) is 3.87. The first kappa shape index (κ1) is 14.4. The molecule has 3 nitrogen and oxygen atoms in total. The number of rotatable bonds is 4. The SMILES string of the molecule is COCc1ccccc1N1CCCNC(C(C)C)C1. The Morgan fingerprint density at radius 2 is 2.16 bits per heavy atom. The maximum atomic E-state index is 5.32. The second-order valence-corrected chi connectivity index (χ2v) is 5.67. The molecular formula is C16H26N2O. The van der Waals surface area contributed by atoms with Gasteiger partial charge in [-0.25, -0.2) is 0 Å². The van der Waals surface area contributed by atoms with Gasteiger partial charge in [0, 0.05) is 37.5 Å². The van der Waals surface area contributed by atoms with Crippen molar-refractivity contribution in [2.75, 3.05) is 31.6 Å². The summed E-state index contributed by atoms with van der Waals surface area (Å²) in [7, 11) is 1.76. The third kappa shape index (κ3) is 3.71. The Morgan fingerprint density at radius 3 is 2.89 bits per heavy atom. The molecule has 0 amide bonds. The van der Waals surface area contributed by atoms with Crippen molar-refractivity contribution in [2.45, 2.75) is 32.9 Å². The van der Waals surface area contributed by atoms with Crippen molar-refractivity contribution in [2.24, 2.45) is 5.92 Å². The van der Waals surface area contributed by atoms with Crippen molar-refractivity contribution in [3.8, 4) is 0 Å². The van der Waals surface area contributed by atoms with E-state index in [1.54, 1.807) is 7.11 Å². The summed E-state index contributed by atoms with van der Waals surface area (Å²) in [5.74, 6) is 0.662. The Labute approximate surface area is 116 Å². The number of nitrogens with one attached hydrogen (secondary N) is 1. The fraction of sp³-hybridized carbons (Fsp3) is 0.625. The number of methoxy groups -OCH3 is 1. The Morgan fingerprint density at radius 1 is 1.37 bits per heavy atom. The molecule has 1 aliphatic heterocycles. The maximum Gasteiger partial charge on any atom is 0.0733 e. The van der Waals surface area contributed by atoms with Gasteiger partial charge >= 0.3 is 0 Å². The molecule has 3 heteroatoms. The monoisotopic (exact) mass is 262 g/mol. The van der Waals surface area contributed by atoms with E-state index < -0.39 is 0 Å². The molecule has 1 heterocycles. The number of anilines is 1. The van der Waals surface area contributed by atoms with E-state index in [4.69, 9.17) is 4.74 Å². The topological polar surface area (TPSA) is 24.5 Å². The molecule has 0 aliphatic carbocycles. The minimum absolute atomic E-state index is 0.568.